The van der Waals surface area contributed by atoms with Gasteiger partial charge in [0.1, 0.15) is 5.75 Å². The number of carbonyl (C=O) groups excluding carboxylic acids is 2. The third kappa shape index (κ3) is 4.14. The van der Waals surface area contributed by atoms with Gasteiger partial charge in [-0.3, -0.25) is 4.79 Å². The molecule has 5 nitrogen and oxygen atoms in total. The van der Waals surface area contributed by atoms with Crippen LogP contribution in [-0.4, -0.2) is 24.6 Å². The van der Waals surface area contributed by atoms with Gasteiger partial charge in [-0.2, -0.15) is 0 Å². The third-order valence-corrected chi connectivity index (χ3v) is 4.51. The number of anilines is 1. The van der Waals surface area contributed by atoms with Crippen LogP contribution < -0.4 is 10.1 Å². The molecule has 1 N–H and O–H groups in total. The molecule has 3 aromatic carbocycles. The van der Waals surface area contributed by atoms with E-state index in [1.807, 2.05) is 42.5 Å². The molecule has 0 heterocycles. The van der Waals surface area contributed by atoms with Gasteiger partial charge in [-0.1, -0.05) is 42.5 Å². The van der Waals surface area contributed by atoms with E-state index in [1.165, 1.54) is 0 Å². The first-order valence-electron chi connectivity index (χ1n) is 9.23. The first-order chi connectivity index (χ1) is 13.5. The van der Waals surface area contributed by atoms with Gasteiger partial charge in [0, 0.05) is 11.1 Å². The molecule has 0 saturated carbocycles. The summed E-state index contributed by atoms with van der Waals surface area (Å²) >= 11 is 0. The summed E-state index contributed by atoms with van der Waals surface area (Å²) in [5, 5.41) is 4.84. The fourth-order valence-electron chi connectivity index (χ4n) is 2.98. The molecule has 0 aliphatic rings. The fraction of sp³-hybridized carbons (Fsp3) is 0.217. The first kappa shape index (κ1) is 19.4. The number of esters is 1. The van der Waals surface area contributed by atoms with Crippen LogP contribution in [0.2, 0.25) is 0 Å². The lowest BCUT2D eigenvalue weighted by Crippen LogP contribution is -2.30. The predicted molar refractivity (Wildman–Crippen MR) is 110 cm³/mol. The van der Waals surface area contributed by atoms with Crippen molar-refractivity contribution in [2.45, 2.75) is 26.9 Å². The van der Waals surface area contributed by atoms with Crippen LogP contribution in [-0.2, 0) is 9.53 Å². The maximum absolute atomic E-state index is 12.7. The van der Waals surface area contributed by atoms with Crippen LogP contribution in [0.4, 0.5) is 5.69 Å². The second kappa shape index (κ2) is 8.57. The highest BCUT2D eigenvalue weighted by Crippen LogP contribution is 2.26. The maximum Gasteiger partial charge on any atom is 0.338 e. The molecule has 0 saturated heterocycles. The van der Waals surface area contributed by atoms with Crippen molar-refractivity contribution >= 4 is 28.3 Å². The summed E-state index contributed by atoms with van der Waals surface area (Å²) in [5.74, 6) is -0.0501. The number of carbonyl (C=O) groups is 2. The van der Waals surface area contributed by atoms with Crippen LogP contribution in [0.25, 0.3) is 10.8 Å². The van der Waals surface area contributed by atoms with Crippen molar-refractivity contribution in [3.63, 3.8) is 0 Å². The lowest BCUT2D eigenvalue weighted by Gasteiger charge is -2.17. The Hall–Kier alpha value is -3.34. The molecule has 0 bridgehead atoms. The van der Waals surface area contributed by atoms with Crippen molar-refractivity contribution in [1.29, 1.82) is 0 Å². The molecule has 28 heavy (non-hydrogen) atoms. The topological polar surface area (TPSA) is 64.6 Å². The second-order valence-corrected chi connectivity index (χ2v) is 6.43. The van der Waals surface area contributed by atoms with Gasteiger partial charge in [0.25, 0.3) is 5.91 Å². The van der Waals surface area contributed by atoms with Gasteiger partial charge in [-0.15, -0.1) is 0 Å². The average Bonchev–Trinajstić information content (AvgIpc) is 2.70. The van der Waals surface area contributed by atoms with E-state index < -0.39 is 12.1 Å². The Kier molecular flexibility index (Phi) is 5.94. The molecule has 144 valence electrons. The summed E-state index contributed by atoms with van der Waals surface area (Å²) < 4.78 is 11.0. The van der Waals surface area contributed by atoms with Crippen molar-refractivity contribution in [1.82, 2.24) is 0 Å². The monoisotopic (exact) mass is 377 g/mol. The highest BCUT2D eigenvalue weighted by Gasteiger charge is 2.19. The zero-order valence-corrected chi connectivity index (χ0v) is 16.2. The highest BCUT2D eigenvalue weighted by atomic mass is 16.5. The third-order valence-electron chi connectivity index (χ3n) is 4.51. The number of hydrogen-bond acceptors (Lipinski definition) is 4. The first-order valence-corrected chi connectivity index (χ1v) is 9.23. The Labute approximate surface area is 164 Å². The lowest BCUT2D eigenvalue weighted by molar-refractivity contribution is -0.122. The van der Waals surface area contributed by atoms with E-state index in [9.17, 15) is 9.59 Å². The SMILES string of the molecule is CCOC(=O)c1cccc(NC(=O)C(C)Oc2cccc3ccccc23)c1C. The minimum atomic E-state index is -0.712. The summed E-state index contributed by atoms with van der Waals surface area (Å²) in [7, 11) is 0. The Bertz CT molecular complexity index is 1010. The van der Waals surface area contributed by atoms with Crippen LogP contribution in [0, 0.1) is 6.92 Å². The van der Waals surface area contributed by atoms with E-state index in [1.54, 1.807) is 39.0 Å². The minimum absolute atomic E-state index is 0.294. The summed E-state index contributed by atoms with van der Waals surface area (Å²) in [6.45, 7) is 5.52. The smallest absolute Gasteiger partial charge is 0.338 e. The summed E-state index contributed by atoms with van der Waals surface area (Å²) in [6.07, 6.45) is -0.712. The van der Waals surface area contributed by atoms with E-state index in [0.717, 1.165) is 10.8 Å². The van der Waals surface area contributed by atoms with Crippen molar-refractivity contribution in [3.8, 4) is 5.75 Å². The molecule has 0 radical (unpaired) electrons. The zero-order chi connectivity index (χ0) is 20.1. The second-order valence-electron chi connectivity index (χ2n) is 6.43. The Morgan fingerprint density at radius 1 is 1.00 bits per heavy atom. The molecule has 1 atom stereocenters. The Morgan fingerprint density at radius 3 is 2.50 bits per heavy atom. The fourth-order valence-corrected chi connectivity index (χ4v) is 2.98. The number of amides is 1. The molecule has 0 aliphatic carbocycles. The van der Waals surface area contributed by atoms with Crippen molar-refractivity contribution in [2.75, 3.05) is 11.9 Å². The number of fused-ring (bicyclic) bond motifs is 1. The molecule has 1 unspecified atom stereocenters. The Morgan fingerprint density at radius 2 is 1.71 bits per heavy atom. The summed E-state index contributed by atoms with van der Waals surface area (Å²) in [4.78, 5) is 24.7. The molecule has 3 rings (SSSR count). The summed E-state index contributed by atoms with van der Waals surface area (Å²) in [6, 6.07) is 18.7. The number of hydrogen-bond donors (Lipinski definition) is 1. The van der Waals surface area contributed by atoms with Gasteiger partial charge in [-0.05, 0) is 49.9 Å². The minimum Gasteiger partial charge on any atom is -0.480 e. The molecule has 0 fully saturated rings. The zero-order valence-electron chi connectivity index (χ0n) is 16.2. The molecule has 0 aromatic heterocycles. The quantitative estimate of drug-likeness (QED) is 0.631. The molecule has 5 heteroatoms. The molecule has 1 amide bonds. The van der Waals surface area contributed by atoms with Gasteiger partial charge in [-0.25, -0.2) is 4.79 Å². The van der Waals surface area contributed by atoms with E-state index in [0.29, 0.717) is 29.2 Å². The summed E-state index contributed by atoms with van der Waals surface area (Å²) in [5.41, 5.74) is 1.65. The number of nitrogens with one attached hydrogen (secondary N) is 1. The highest BCUT2D eigenvalue weighted by molar-refractivity contribution is 5.98. The number of rotatable bonds is 6. The van der Waals surface area contributed by atoms with Crippen LogP contribution >= 0.6 is 0 Å². The van der Waals surface area contributed by atoms with Gasteiger partial charge in [0.15, 0.2) is 6.10 Å². The number of benzene rings is 3. The molecule has 0 spiro atoms. The lowest BCUT2D eigenvalue weighted by atomic mass is 10.1. The van der Waals surface area contributed by atoms with E-state index in [2.05, 4.69) is 5.32 Å². The van der Waals surface area contributed by atoms with Gasteiger partial charge < -0.3 is 14.8 Å². The molecular formula is C23H23NO4. The van der Waals surface area contributed by atoms with Crippen molar-refractivity contribution in [3.05, 3.63) is 71.8 Å². The van der Waals surface area contributed by atoms with E-state index in [4.69, 9.17) is 9.47 Å². The normalized spacial score (nSPS) is 11.7. The van der Waals surface area contributed by atoms with E-state index >= 15 is 0 Å². The largest absolute Gasteiger partial charge is 0.480 e. The van der Waals surface area contributed by atoms with Crippen molar-refractivity contribution < 1.29 is 19.1 Å². The number of ether oxygens (including phenoxy) is 2. The molecule has 0 aliphatic heterocycles. The van der Waals surface area contributed by atoms with Crippen LogP contribution in [0.5, 0.6) is 5.75 Å². The Balaban J connectivity index is 1.76. The average molecular weight is 377 g/mol. The van der Waals surface area contributed by atoms with Crippen LogP contribution in [0.15, 0.2) is 60.7 Å². The molecule has 3 aromatic rings. The maximum atomic E-state index is 12.7. The van der Waals surface area contributed by atoms with Crippen LogP contribution in [0.3, 0.4) is 0 Å². The van der Waals surface area contributed by atoms with Crippen molar-refractivity contribution in [2.24, 2.45) is 0 Å². The van der Waals surface area contributed by atoms with Crippen LogP contribution in [0.1, 0.15) is 29.8 Å². The van der Waals surface area contributed by atoms with E-state index in [-0.39, 0.29) is 5.91 Å². The van der Waals surface area contributed by atoms with Gasteiger partial charge >= 0.3 is 5.97 Å². The predicted octanol–water partition coefficient (Wildman–Crippen LogP) is 4.73. The van der Waals surface area contributed by atoms with Gasteiger partial charge in [0.2, 0.25) is 0 Å². The van der Waals surface area contributed by atoms with Gasteiger partial charge in [0.05, 0.1) is 12.2 Å². The molecular weight excluding hydrogens is 354 g/mol. The standard InChI is InChI=1S/C23H23NO4/c1-4-27-23(26)18-12-8-13-20(15(18)2)24-22(25)16(3)28-21-14-7-10-17-9-5-6-11-19(17)21/h5-14,16H,4H2,1-3H3,(H,24,25).